The molecular weight excluding hydrogens is 307 g/mol. The van der Waals surface area contributed by atoms with Gasteiger partial charge in [-0.1, -0.05) is 59.6 Å². The summed E-state index contributed by atoms with van der Waals surface area (Å²) in [6.07, 6.45) is 0. The van der Waals surface area contributed by atoms with Crippen LogP contribution in [0.15, 0.2) is 42.5 Å². The number of nitrogens with two attached hydrogens (primary N) is 1. The van der Waals surface area contributed by atoms with E-state index in [2.05, 4.69) is 5.32 Å². The Morgan fingerprint density at radius 2 is 1.76 bits per heavy atom. The van der Waals surface area contributed by atoms with Crippen LogP contribution in [0.5, 0.6) is 0 Å². The first-order chi connectivity index (χ1) is 9.84. The van der Waals surface area contributed by atoms with E-state index in [0.717, 1.165) is 5.56 Å². The van der Waals surface area contributed by atoms with Gasteiger partial charge in [-0.15, -0.1) is 0 Å². The molecule has 2 aromatic rings. The van der Waals surface area contributed by atoms with E-state index in [9.17, 15) is 4.79 Å². The van der Waals surface area contributed by atoms with Crippen molar-refractivity contribution in [2.24, 2.45) is 5.73 Å². The zero-order valence-corrected chi connectivity index (χ0v) is 13.3. The van der Waals surface area contributed by atoms with E-state index >= 15 is 0 Å². The first-order valence-electron chi connectivity index (χ1n) is 6.44. The number of benzene rings is 2. The minimum atomic E-state index is -1.18. The molecule has 110 valence electrons. The van der Waals surface area contributed by atoms with Crippen molar-refractivity contribution < 1.29 is 4.79 Å². The highest BCUT2D eigenvalue weighted by atomic mass is 35.5. The number of hydrogen-bond donors (Lipinski definition) is 2. The average molecular weight is 323 g/mol. The van der Waals surface area contributed by atoms with Crippen molar-refractivity contribution in [2.45, 2.75) is 19.4 Å². The van der Waals surface area contributed by atoms with Crippen LogP contribution in [0, 0.1) is 6.92 Å². The molecule has 2 aromatic carbocycles. The molecule has 0 aliphatic rings. The molecule has 0 aliphatic carbocycles. The highest BCUT2D eigenvalue weighted by Crippen LogP contribution is 2.34. The maximum Gasteiger partial charge on any atom is 0.248 e. The van der Waals surface area contributed by atoms with Gasteiger partial charge in [-0.05, 0) is 31.0 Å². The summed E-state index contributed by atoms with van der Waals surface area (Å²) < 4.78 is 0. The third kappa shape index (κ3) is 3.21. The molecule has 0 bridgehead atoms. The number of halogens is 2. The lowest BCUT2D eigenvalue weighted by Crippen LogP contribution is -2.45. The number of aryl methyl sites for hydroxylation is 1. The lowest BCUT2D eigenvalue weighted by Gasteiger charge is -2.25. The zero-order valence-electron chi connectivity index (χ0n) is 11.8. The molecule has 2 rings (SSSR count). The fraction of sp³-hybridized carbons (Fsp3) is 0.188. The molecular formula is C16H16Cl2N2O. The van der Waals surface area contributed by atoms with Crippen LogP contribution in [-0.2, 0) is 10.3 Å². The van der Waals surface area contributed by atoms with Crippen molar-refractivity contribution in [3.8, 4) is 0 Å². The maximum atomic E-state index is 12.5. The van der Waals surface area contributed by atoms with E-state index in [1.54, 1.807) is 31.2 Å². The standard InChI is InChI=1S/C16H16Cl2N2O/c1-10-8-9-12(17)14(13(10)18)20-15(21)16(2,19)11-6-4-3-5-7-11/h3-9H,19H2,1-2H3,(H,20,21). The highest BCUT2D eigenvalue weighted by molar-refractivity contribution is 6.40. The van der Waals surface area contributed by atoms with Gasteiger partial charge in [0.05, 0.1) is 15.7 Å². The summed E-state index contributed by atoms with van der Waals surface area (Å²) in [7, 11) is 0. The van der Waals surface area contributed by atoms with Crippen LogP contribution in [-0.4, -0.2) is 5.91 Å². The Kier molecular flexibility index (Phi) is 4.57. The van der Waals surface area contributed by atoms with E-state index in [1.165, 1.54) is 0 Å². The largest absolute Gasteiger partial charge is 0.322 e. The number of anilines is 1. The monoisotopic (exact) mass is 322 g/mol. The van der Waals surface area contributed by atoms with Crippen LogP contribution >= 0.6 is 23.2 Å². The molecule has 0 fully saturated rings. The zero-order chi connectivity index (χ0) is 15.6. The van der Waals surface area contributed by atoms with Gasteiger partial charge in [-0.3, -0.25) is 4.79 Å². The summed E-state index contributed by atoms with van der Waals surface area (Å²) in [5.74, 6) is -0.372. The third-order valence-electron chi connectivity index (χ3n) is 3.37. The molecule has 0 aromatic heterocycles. The van der Waals surface area contributed by atoms with Gasteiger partial charge >= 0.3 is 0 Å². The SMILES string of the molecule is Cc1ccc(Cl)c(NC(=O)C(C)(N)c2ccccc2)c1Cl. The molecule has 21 heavy (non-hydrogen) atoms. The summed E-state index contributed by atoms with van der Waals surface area (Å²) >= 11 is 12.3. The molecule has 3 nitrogen and oxygen atoms in total. The summed E-state index contributed by atoms with van der Waals surface area (Å²) in [6, 6.07) is 12.6. The summed E-state index contributed by atoms with van der Waals surface area (Å²) in [5, 5.41) is 3.52. The normalized spacial score (nSPS) is 13.6. The van der Waals surface area contributed by atoms with Crippen LogP contribution < -0.4 is 11.1 Å². The number of carbonyl (C=O) groups is 1. The van der Waals surface area contributed by atoms with Crippen LogP contribution in [0.25, 0.3) is 0 Å². The number of carbonyl (C=O) groups excluding carboxylic acids is 1. The van der Waals surface area contributed by atoms with Gasteiger partial charge in [0, 0.05) is 0 Å². The highest BCUT2D eigenvalue weighted by Gasteiger charge is 2.31. The Balaban J connectivity index is 2.33. The van der Waals surface area contributed by atoms with E-state index in [4.69, 9.17) is 28.9 Å². The smallest absolute Gasteiger partial charge is 0.248 e. The summed E-state index contributed by atoms with van der Waals surface area (Å²) in [5.41, 5.74) is 6.91. The Morgan fingerprint density at radius 3 is 2.38 bits per heavy atom. The van der Waals surface area contributed by atoms with Crippen LogP contribution in [0.1, 0.15) is 18.1 Å². The molecule has 1 atom stereocenters. The van der Waals surface area contributed by atoms with Crippen molar-refractivity contribution in [3.63, 3.8) is 0 Å². The number of amides is 1. The minimum Gasteiger partial charge on any atom is -0.322 e. The summed E-state index contributed by atoms with van der Waals surface area (Å²) in [4.78, 5) is 12.5. The first kappa shape index (κ1) is 15.8. The second kappa shape index (κ2) is 6.06. The second-order valence-corrected chi connectivity index (χ2v) is 5.86. The molecule has 0 saturated carbocycles. The van der Waals surface area contributed by atoms with Crippen molar-refractivity contribution in [3.05, 3.63) is 63.6 Å². The maximum absolute atomic E-state index is 12.5. The minimum absolute atomic E-state index is 0.372. The van der Waals surface area contributed by atoms with Gasteiger partial charge in [0.2, 0.25) is 5.91 Å². The van der Waals surface area contributed by atoms with Gasteiger partial charge < -0.3 is 11.1 Å². The Bertz CT molecular complexity index is 669. The van der Waals surface area contributed by atoms with Crippen molar-refractivity contribution in [1.82, 2.24) is 0 Å². The number of nitrogens with one attached hydrogen (secondary N) is 1. The molecule has 1 amide bonds. The molecule has 0 heterocycles. The van der Waals surface area contributed by atoms with Crippen LogP contribution in [0.3, 0.4) is 0 Å². The fourth-order valence-corrected chi connectivity index (χ4v) is 2.40. The average Bonchev–Trinajstić information content (AvgIpc) is 2.48. The van der Waals surface area contributed by atoms with Gasteiger partial charge in [-0.25, -0.2) is 0 Å². The topological polar surface area (TPSA) is 55.1 Å². The Labute approximate surface area is 134 Å². The van der Waals surface area contributed by atoms with E-state index < -0.39 is 5.54 Å². The third-order valence-corrected chi connectivity index (χ3v) is 4.17. The Morgan fingerprint density at radius 1 is 1.14 bits per heavy atom. The molecule has 0 radical (unpaired) electrons. The van der Waals surface area contributed by atoms with Crippen LogP contribution in [0.4, 0.5) is 5.69 Å². The quantitative estimate of drug-likeness (QED) is 0.893. The van der Waals surface area contributed by atoms with Crippen molar-refractivity contribution in [2.75, 3.05) is 5.32 Å². The van der Waals surface area contributed by atoms with E-state index in [1.807, 2.05) is 25.1 Å². The van der Waals surface area contributed by atoms with Crippen molar-refractivity contribution >= 4 is 34.8 Å². The van der Waals surface area contributed by atoms with Gasteiger partial charge in [0.1, 0.15) is 5.54 Å². The first-order valence-corrected chi connectivity index (χ1v) is 7.20. The van der Waals surface area contributed by atoms with Gasteiger partial charge in [0.25, 0.3) is 0 Å². The van der Waals surface area contributed by atoms with Gasteiger partial charge in [-0.2, -0.15) is 0 Å². The predicted octanol–water partition coefficient (Wildman–Crippen LogP) is 4.11. The molecule has 0 saturated heterocycles. The number of hydrogen-bond acceptors (Lipinski definition) is 2. The molecule has 1 unspecified atom stereocenters. The second-order valence-electron chi connectivity index (χ2n) is 5.08. The Hall–Kier alpha value is -1.55. The van der Waals surface area contributed by atoms with Gasteiger partial charge in [0.15, 0.2) is 0 Å². The molecule has 0 aliphatic heterocycles. The summed E-state index contributed by atoms with van der Waals surface area (Å²) in [6.45, 7) is 3.49. The van der Waals surface area contributed by atoms with Crippen LogP contribution in [0.2, 0.25) is 10.0 Å². The lowest BCUT2D eigenvalue weighted by atomic mass is 9.92. The van der Waals surface area contributed by atoms with Crippen molar-refractivity contribution in [1.29, 1.82) is 0 Å². The molecule has 3 N–H and O–H groups in total. The predicted molar refractivity (Wildman–Crippen MR) is 87.8 cm³/mol. The fourth-order valence-electron chi connectivity index (χ4n) is 1.93. The molecule has 5 heteroatoms. The lowest BCUT2D eigenvalue weighted by molar-refractivity contribution is -0.120. The number of rotatable bonds is 3. The van der Waals surface area contributed by atoms with E-state index in [0.29, 0.717) is 21.3 Å². The van der Waals surface area contributed by atoms with E-state index in [-0.39, 0.29) is 5.91 Å². The molecule has 0 spiro atoms.